The molecule has 128 valence electrons. The highest BCUT2D eigenvalue weighted by atomic mass is 32.2. The van der Waals surface area contributed by atoms with Gasteiger partial charge in [-0.25, -0.2) is 0 Å². The topological polar surface area (TPSA) is 70.6 Å². The Morgan fingerprint density at radius 2 is 2.08 bits per heavy atom. The second kappa shape index (κ2) is 7.52. The van der Waals surface area contributed by atoms with E-state index in [2.05, 4.69) is 15.6 Å². The van der Waals surface area contributed by atoms with Crippen molar-refractivity contribution >= 4 is 46.2 Å². The summed E-state index contributed by atoms with van der Waals surface area (Å²) in [5.41, 5.74) is 0.508. The maximum atomic E-state index is 12.3. The Morgan fingerprint density at radius 1 is 1.38 bits per heavy atom. The number of rotatable bonds is 6. The molecule has 0 spiro atoms. The van der Waals surface area contributed by atoms with Gasteiger partial charge in [-0.2, -0.15) is 8.78 Å². The number of amides is 2. The van der Waals surface area contributed by atoms with E-state index in [1.54, 1.807) is 12.1 Å². The molecule has 2 N–H and O–H groups in total. The number of nitrogens with one attached hydrogen (secondary N) is 2. The number of anilines is 1. The van der Waals surface area contributed by atoms with Gasteiger partial charge in [0, 0.05) is 17.0 Å². The van der Waals surface area contributed by atoms with Gasteiger partial charge in [0.15, 0.2) is 5.17 Å². The molecule has 1 saturated heterocycles. The Kier molecular flexibility index (Phi) is 5.40. The summed E-state index contributed by atoms with van der Waals surface area (Å²) in [5, 5.41) is 5.46. The average molecular weight is 371 g/mol. The Morgan fingerprint density at radius 3 is 2.71 bits per heavy atom. The summed E-state index contributed by atoms with van der Waals surface area (Å²) in [5.74, 6) is -2.99. The second-order valence-corrected chi connectivity index (χ2v) is 7.67. The standard InChI is InChI=1S/C15H15F2N3O2S2/c16-14(17)23-10-5-3-8(4-6-10)18-12(21)7-11-13(22)20-15(24-11)19-9-1-2-9/h3-6,9,11,14H,1-2,7H2,(H,18,21)(H,19,20,22)/t11-/m1/s1. The number of alkyl halides is 2. The normalized spacial score (nSPS) is 22.0. The van der Waals surface area contributed by atoms with E-state index in [0.717, 1.165) is 12.8 Å². The first-order valence-corrected chi connectivity index (χ1v) is 9.15. The first kappa shape index (κ1) is 17.2. The van der Waals surface area contributed by atoms with Crippen LogP contribution in [-0.2, 0) is 9.59 Å². The third kappa shape index (κ3) is 4.94. The molecular formula is C15H15F2N3O2S2. The highest BCUT2D eigenvalue weighted by Gasteiger charge is 2.33. The van der Waals surface area contributed by atoms with Crippen molar-refractivity contribution in [3.63, 3.8) is 0 Å². The van der Waals surface area contributed by atoms with E-state index in [-0.39, 0.29) is 18.2 Å². The zero-order chi connectivity index (χ0) is 17.1. The van der Waals surface area contributed by atoms with Crippen molar-refractivity contribution in [2.75, 3.05) is 5.32 Å². The van der Waals surface area contributed by atoms with Crippen LogP contribution in [0.1, 0.15) is 19.3 Å². The summed E-state index contributed by atoms with van der Waals surface area (Å²) >= 11 is 1.72. The molecule has 2 aliphatic rings. The molecule has 1 atom stereocenters. The van der Waals surface area contributed by atoms with Gasteiger partial charge < -0.3 is 10.6 Å². The van der Waals surface area contributed by atoms with Crippen LogP contribution in [0.3, 0.4) is 0 Å². The van der Waals surface area contributed by atoms with E-state index in [1.165, 1.54) is 23.9 Å². The van der Waals surface area contributed by atoms with Gasteiger partial charge in [-0.3, -0.25) is 14.6 Å². The van der Waals surface area contributed by atoms with Crippen molar-refractivity contribution in [2.24, 2.45) is 4.99 Å². The summed E-state index contributed by atoms with van der Waals surface area (Å²) in [6.07, 6.45) is 2.13. The van der Waals surface area contributed by atoms with Gasteiger partial charge in [0.05, 0.1) is 6.04 Å². The Balaban J connectivity index is 1.51. The number of carbonyl (C=O) groups is 2. The predicted octanol–water partition coefficient (Wildman–Crippen LogP) is 3.08. The molecule has 1 aromatic carbocycles. The lowest BCUT2D eigenvalue weighted by atomic mass is 10.2. The molecule has 1 aliphatic heterocycles. The number of hydrogen-bond donors (Lipinski definition) is 2. The van der Waals surface area contributed by atoms with Crippen molar-refractivity contribution < 1.29 is 18.4 Å². The first-order chi connectivity index (χ1) is 11.5. The van der Waals surface area contributed by atoms with Gasteiger partial charge in [0.2, 0.25) is 11.8 Å². The van der Waals surface area contributed by atoms with E-state index in [1.807, 2.05) is 0 Å². The molecule has 1 aliphatic carbocycles. The Hall–Kier alpha value is -1.61. The summed E-state index contributed by atoms with van der Waals surface area (Å²) in [6.45, 7) is 0. The SMILES string of the molecule is O=C(C[C@H]1SC(=NC2CC2)NC1=O)Nc1ccc(SC(F)F)cc1. The third-order valence-corrected chi connectivity index (χ3v) is 5.18. The molecule has 9 heteroatoms. The number of halogens is 2. The maximum absolute atomic E-state index is 12.3. The first-order valence-electron chi connectivity index (χ1n) is 7.39. The van der Waals surface area contributed by atoms with Crippen LogP contribution in [0.4, 0.5) is 14.5 Å². The number of amidine groups is 1. The summed E-state index contributed by atoms with van der Waals surface area (Å²) in [6, 6.07) is 6.47. The lowest BCUT2D eigenvalue weighted by Crippen LogP contribution is -2.28. The van der Waals surface area contributed by atoms with Crippen LogP contribution in [0.25, 0.3) is 0 Å². The molecule has 1 heterocycles. The van der Waals surface area contributed by atoms with Gasteiger partial charge in [0.1, 0.15) is 5.25 Å². The van der Waals surface area contributed by atoms with Crippen molar-refractivity contribution in [3.05, 3.63) is 24.3 Å². The minimum Gasteiger partial charge on any atom is -0.326 e. The van der Waals surface area contributed by atoms with E-state index >= 15 is 0 Å². The molecule has 0 unspecified atom stereocenters. The quantitative estimate of drug-likeness (QED) is 0.754. The van der Waals surface area contributed by atoms with E-state index in [0.29, 0.717) is 33.6 Å². The number of benzene rings is 1. The minimum atomic E-state index is -2.48. The highest BCUT2D eigenvalue weighted by molar-refractivity contribution is 8.15. The minimum absolute atomic E-state index is 0.0354. The molecule has 5 nitrogen and oxygen atoms in total. The summed E-state index contributed by atoms with van der Waals surface area (Å²) in [7, 11) is 0. The number of nitrogens with zero attached hydrogens (tertiary/aromatic N) is 1. The van der Waals surface area contributed by atoms with E-state index < -0.39 is 11.0 Å². The predicted molar refractivity (Wildman–Crippen MR) is 91.5 cm³/mol. The molecule has 3 rings (SSSR count). The molecular weight excluding hydrogens is 356 g/mol. The van der Waals surface area contributed by atoms with Crippen LogP contribution in [0.15, 0.2) is 34.2 Å². The zero-order valence-corrected chi connectivity index (χ0v) is 14.1. The largest absolute Gasteiger partial charge is 0.326 e. The van der Waals surface area contributed by atoms with Crippen molar-refractivity contribution in [1.82, 2.24) is 5.32 Å². The van der Waals surface area contributed by atoms with Gasteiger partial charge in [-0.05, 0) is 37.1 Å². The lowest BCUT2D eigenvalue weighted by Gasteiger charge is -2.08. The fourth-order valence-electron chi connectivity index (χ4n) is 2.07. The molecule has 0 radical (unpaired) electrons. The van der Waals surface area contributed by atoms with Gasteiger partial charge in [-0.1, -0.05) is 23.5 Å². The molecule has 24 heavy (non-hydrogen) atoms. The Labute approximate surface area is 146 Å². The Bertz CT molecular complexity index is 663. The molecule has 0 bridgehead atoms. The third-order valence-electron chi connectivity index (χ3n) is 3.36. The molecule has 2 amide bonds. The smallest absolute Gasteiger partial charge is 0.288 e. The summed E-state index contributed by atoms with van der Waals surface area (Å²) < 4.78 is 24.5. The molecule has 2 fully saturated rings. The maximum Gasteiger partial charge on any atom is 0.288 e. The van der Waals surface area contributed by atoms with Crippen molar-refractivity contribution in [3.8, 4) is 0 Å². The van der Waals surface area contributed by atoms with Crippen molar-refractivity contribution in [2.45, 2.75) is 41.2 Å². The van der Waals surface area contributed by atoms with Crippen LogP contribution < -0.4 is 10.6 Å². The van der Waals surface area contributed by atoms with Gasteiger partial charge >= 0.3 is 0 Å². The van der Waals surface area contributed by atoms with Crippen LogP contribution in [0.5, 0.6) is 0 Å². The average Bonchev–Trinajstić information content (AvgIpc) is 3.25. The molecule has 1 saturated carbocycles. The highest BCUT2D eigenvalue weighted by Crippen LogP contribution is 2.29. The fraction of sp³-hybridized carbons (Fsp3) is 0.400. The molecule has 1 aromatic rings. The number of carbonyl (C=O) groups excluding carboxylic acids is 2. The second-order valence-electron chi connectivity index (χ2n) is 5.42. The lowest BCUT2D eigenvalue weighted by molar-refractivity contribution is -0.122. The van der Waals surface area contributed by atoms with Crippen LogP contribution in [-0.4, -0.2) is 34.0 Å². The summed E-state index contributed by atoms with van der Waals surface area (Å²) in [4.78, 5) is 28.7. The molecule has 0 aromatic heterocycles. The van der Waals surface area contributed by atoms with Gasteiger partial charge in [-0.15, -0.1) is 0 Å². The zero-order valence-electron chi connectivity index (χ0n) is 12.5. The van der Waals surface area contributed by atoms with Crippen LogP contribution in [0.2, 0.25) is 0 Å². The van der Waals surface area contributed by atoms with Crippen LogP contribution in [0, 0.1) is 0 Å². The van der Waals surface area contributed by atoms with Gasteiger partial charge in [0.25, 0.3) is 5.76 Å². The van der Waals surface area contributed by atoms with Crippen molar-refractivity contribution in [1.29, 1.82) is 0 Å². The number of hydrogen-bond acceptors (Lipinski definition) is 5. The van der Waals surface area contributed by atoms with E-state index in [4.69, 9.17) is 0 Å². The fourth-order valence-corrected chi connectivity index (χ4v) is 3.61. The van der Waals surface area contributed by atoms with Crippen LogP contribution >= 0.6 is 23.5 Å². The number of thioether (sulfide) groups is 2. The van der Waals surface area contributed by atoms with E-state index in [9.17, 15) is 18.4 Å². The number of aliphatic imine (C=N–C) groups is 1. The monoisotopic (exact) mass is 371 g/mol.